The number of carbonyl (C=O) groups is 1. The average Bonchev–Trinajstić information content (AvgIpc) is 2.29. The molecule has 0 aromatic heterocycles. The molecular weight excluding hydrogens is 208 g/mol. The summed E-state index contributed by atoms with van der Waals surface area (Å²) in [7, 11) is 1.35. The predicted octanol–water partition coefficient (Wildman–Crippen LogP) is 2.23. The van der Waals surface area contributed by atoms with Gasteiger partial charge in [0.1, 0.15) is 5.75 Å². The van der Waals surface area contributed by atoms with Gasteiger partial charge in [0, 0.05) is 6.61 Å². The van der Waals surface area contributed by atoms with E-state index >= 15 is 0 Å². The maximum absolute atomic E-state index is 11.2. The molecule has 0 N–H and O–H groups in total. The fourth-order valence-corrected chi connectivity index (χ4v) is 1.25. The van der Waals surface area contributed by atoms with E-state index in [1.165, 1.54) is 7.11 Å². The van der Waals surface area contributed by atoms with Gasteiger partial charge in [-0.25, -0.2) is 4.79 Å². The van der Waals surface area contributed by atoms with E-state index in [1.54, 1.807) is 24.3 Å². The van der Waals surface area contributed by atoms with Gasteiger partial charge in [0.2, 0.25) is 0 Å². The topological polar surface area (TPSA) is 44.8 Å². The van der Waals surface area contributed by atoms with Gasteiger partial charge in [0.15, 0.2) is 6.29 Å². The Hall–Kier alpha value is -1.55. The van der Waals surface area contributed by atoms with Crippen molar-refractivity contribution in [1.29, 1.82) is 0 Å². The number of esters is 1. The van der Waals surface area contributed by atoms with Crippen LogP contribution in [0.4, 0.5) is 0 Å². The van der Waals surface area contributed by atoms with Crippen molar-refractivity contribution in [2.24, 2.45) is 0 Å². The lowest BCUT2D eigenvalue weighted by Gasteiger charge is -2.14. The number of benzene rings is 1. The van der Waals surface area contributed by atoms with Crippen molar-refractivity contribution < 1.29 is 19.0 Å². The van der Waals surface area contributed by atoms with Crippen molar-refractivity contribution in [2.75, 3.05) is 13.7 Å². The zero-order valence-electron chi connectivity index (χ0n) is 9.73. The number of hydrogen-bond donors (Lipinski definition) is 0. The fourth-order valence-electron chi connectivity index (χ4n) is 1.25. The van der Waals surface area contributed by atoms with Crippen molar-refractivity contribution in [3.05, 3.63) is 29.8 Å². The molecule has 0 saturated heterocycles. The molecule has 0 aliphatic heterocycles. The van der Waals surface area contributed by atoms with Gasteiger partial charge in [-0.05, 0) is 38.1 Å². The van der Waals surface area contributed by atoms with Gasteiger partial charge in [-0.2, -0.15) is 0 Å². The molecule has 1 atom stereocenters. The molecule has 0 bridgehead atoms. The van der Waals surface area contributed by atoms with Crippen molar-refractivity contribution in [1.82, 2.24) is 0 Å². The Morgan fingerprint density at radius 1 is 1.31 bits per heavy atom. The molecule has 0 aliphatic carbocycles. The van der Waals surface area contributed by atoms with Crippen LogP contribution in [0.3, 0.4) is 0 Å². The van der Waals surface area contributed by atoms with Crippen LogP contribution in [0.25, 0.3) is 0 Å². The first kappa shape index (κ1) is 12.5. The molecule has 1 unspecified atom stereocenters. The van der Waals surface area contributed by atoms with Crippen molar-refractivity contribution in [3.8, 4) is 5.75 Å². The van der Waals surface area contributed by atoms with E-state index < -0.39 is 0 Å². The second-order valence-corrected chi connectivity index (χ2v) is 3.16. The summed E-state index contributed by atoms with van der Waals surface area (Å²) in [5, 5.41) is 0. The molecule has 0 fully saturated rings. The second kappa shape index (κ2) is 6.12. The summed E-state index contributed by atoms with van der Waals surface area (Å²) in [4.78, 5) is 11.2. The van der Waals surface area contributed by atoms with E-state index in [1.807, 2.05) is 13.8 Å². The Balaban J connectivity index is 2.61. The second-order valence-electron chi connectivity index (χ2n) is 3.16. The molecule has 0 amide bonds. The predicted molar refractivity (Wildman–Crippen MR) is 59.5 cm³/mol. The molecule has 88 valence electrons. The molecule has 1 aromatic rings. The Kier molecular flexibility index (Phi) is 4.79. The minimum absolute atomic E-state index is 0.297. The van der Waals surface area contributed by atoms with Gasteiger partial charge in [-0.3, -0.25) is 0 Å². The smallest absolute Gasteiger partial charge is 0.337 e. The molecule has 4 heteroatoms. The third-order valence-corrected chi connectivity index (χ3v) is 1.98. The number of ether oxygens (including phenoxy) is 3. The summed E-state index contributed by atoms with van der Waals surface area (Å²) >= 11 is 0. The number of methoxy groups -OCH3 is 1. The molecule has 0 radical (unpaired) electrons. The van der Waals surface area contributed by atoms with E-state index in [-0.39, 0.29) is 12.3 Å². The van der Waals surface area contributed by atoms with Gasteiger partial charge in [0.25, 0.3) is 0 Å². The first-order chi connectivity index (χ1) is 7.67. The lowest BCUT2D eigenvalue weighted by atomic mass is 10.2. The lowest BCUT2D eigenvalue weighted by molar-refractivity contribution is -0.0613. The highest BCUT2D eigenvalue weighted by atomic mass is 16.7. The fraction of sp³-hybridized carbons (Fsp3) is 0.417. The maximum Gasteiger partial charge on any atom is 0.337 e. The Morgan fingerprint density at radius 3 is 2.44 bits per heavy atom. The van der Waals surface area contributed by atoms with Crippen LogP contribution in [0.5, 0.6) is 5.75 Å². The molecule has 0 saturated carbocycles. The van der Waals surface area contributed by atoms with E-state index in [4.69, 9.17) is 9.47 Å². The molecule has 0 heterocycles. The summed E-state index contributed by atoms with van der Waals surface area (Å²) < 4.78 is 15.3. The van der Waals surface area contributed by atoms with Crippen LogP contribution in [-0.2, 0) is 9.47 Å². The Bertz CT molecular complexity index is 331. The van der Waals surface area contributed by atoms with E-state index in [0.717, 1.165) is 0 Å². The van der Waals surface area contributed by atoms with Crippen molar-refractivity contribution in [3.63, 3.8) is 0 Å². The van der Waals surface area contributed by atoms with Gasteiger partial charge < -0.3 is 14.2 Å². The van der Waals surface area contributed by atoms with Crippen LogP contribution in [0, 0.1) is 0 Å². The minimum Gasteiger partial charge on any atom is -0.465 e. The minimum atomic E-state index is -0.357. The highest BCUT2D eigenvalue weighted by Crippen LogP contribution is 2.14. The zero-order valence-corrected chi connectivity index (χ0v) is 9.73. The molecule has 0 spiro atoms. The first-order valence-electron chi connectivity index (χ1n) is 5.14. The lowest BCUT2D eigenvalue weighted by Crippen LogP contribution is -2.15. The van der Waals surface area contributed by atoms with Crippen LogP contribution in [0.1, 0.15) is 24.2 Å². The normalized spacial score (nSPS) is 11.9. The molecule has 4 nitrogen and oxygen atoms in total. The standard InChI is InChI=1S/C12H16O4/c1-4-15-9(2)16-11-7-5-10(6-8-11)12(13)14-3/h5-9H,4H2,1-3H3. The molecule has 0 aliphatic rings. The summed E-state index contributed by atoms with van der Waals surface area (Å²) in [6.45, 7) is 4.32. The summed E-state index contributed by atoms with van der Waals surface area (Å²) in [5.74, 6) is 0.304. The Morgan fingerprint density at radius 2 is 1.94 bits per heavy atom. The SMILES string of the molecule is CCOC(C)Oc1ccc(C(=O)OC)cc1. The van der Waals surface area contributed by atoms with Crippen molar-refractivity contribution in [2.45, 2.75) is 20.1 Å². The van der Waals surface area contributed by atoms with Crippen LogP contribution in [0.2, 0.25) is 0 Å². The molecular formula is C12H16O4. The van der Waals surface area contributed by atoms with Crippen molar-refractivity contribution >= 4 is 5.97 Å². The molecule has 16 heavy (non-hydrogen) atoms. The summed E-state index contributed by atoms with van der Waals surface area (Å²) in [5.41, 5.74) is 0.499. The summed E-state index contributed by atoms with van der Waals surface area (Å²) in [6.07, 6.45) is -0.297. The maximum atomic E-state index is 11.2. The largest absolute Gasteiger partial charge is 0.465 e. The van der Waals surface area contributed by atoms with Gasteiger partial charge in [-0.1, -0.05) is 0 Å². The highest BCUT2D eigenvalue weighted by Gasteiger charge is 2.06. The Labute approximate surface area is 95.1 Å². The third-order valence-electron chi connectivity index (χ3n) is 1.98. The van der Waals surface area contributed by atoms with Crippen LogP contribution >= 0.6 is 0 Å². The van der Waals surface area contributed by atoms with Crippen LogP contribution in [0.15, 0.2) is 24.3 Å². The molecule has 1 aromatic carbocycles. The average molecular weight is 224 g/mol. The first-order valence-corrected chi connectivity index (χ1v) is 5.14. The van der Waals surface area contributed by atoms with Crippen LogP contribution in [-0.4, -0.2) is 26.0 Å². The monoisotopic (exact) mass is 224 g/mol. The zero-order chi connectivity index (χ0) is 12.0. The van der Waals surface area contributed by atoms with Gasteiger partial charge in [-0.15, -0.1) is 0 Å². The van der Waals surface area contributed by atoms with E-state index in [9.17, 15) is 4.79 Å². The summed E-state index contributed by atoms with van der Waals surface area (Å²) in [6, 6.07) is 6.73. The number of hydrogen-bond acceptors (Lipinski definition) is 4. The van der Waals surface area contributed by atoms with E-state index in [0.29, 0.717) is 17.9 Å². The highest BCUT2D eigenvalue weighted by molar-refractivity contribution is 5.89. The van der Waals surface area contributed by atoms with Crippen LogP contribution < -0.4 is 4.74 Å². The molecule has 1 rings (SSSR count). The van der Waals surface area contributed by atoms with Gasteiger partial charge >= 0.3 is 5.97 Å². The third kappa shape index (κ3) is 3.55. The number of carbonyl (C=O) groups excluding carboxylic acids is 1. The quantitative estimate of drug-likeness (QED) is 0.568. The van der Waals surface area contributed by atoms with E-state index in [2.05, 4.69) is 4.74 Å². The number of rotatable bonds is 5. The van der Waals surface area contributed by atoms with Gasteiger partial charge in [0.05, 0.1) is 12.7 Å².